The lowest BCUT2D eigenvalue weighted by Crippen LogP contribution is -2.61. The molecule has 2 aromatic carbocycles. The summed E-state index contributed by atoms with van der Waals surface area (Å²) in [4.78, 5) is 11.6. The zero-order valence-electron chi connectivity index (χ0n) is 18.2. The van der Waals surface area contributed by atoms with Crippen LogP contribution in [0.25, 0.3) is 0 Å². The van der Waals surface area contributed by atoms with Crippen molar-refractivity contribution in [1.82, 2.24) is 0 Å². The number of hydrogen-bond donors (Lipinski definition) is 0. The largest absolute Gasteiger partial charge is 0.368 e. The van der Waals surface area contributed by atoms with Gasteiger partial charge in [-0.1, -0.05) is 60.7 Å². The summed E-state index contributed by atoms with van der Waals surface area (Å²) in [6, 6.07) is 17.2. The zero-order chi connectivity index (χ0) is 23.1. The van der Waals surface area contributed by atoms with Crippen LogP contribution < -0.4 is 0 Å². The SMILES string of the molecule is COP(=O)(OC)[C@H]1O[C@@H](C)[C@H](OCc2ccccc2)[C@@H](OCc2ccccc2)[C@@H]1[N+](=O)[O-]. The molecule has 174 valence electrons. The number of rotatable bonds is 10. The fraction of sp³-hybridized carbons (Fsp3) is 0.455. The summed E-state index contributed by atoms with van der Waals surface area (Å²) in [5.74, 6) is -1.44. The standard InChI is InChI=1S/C22H28NO8P/c1-16-20(29-14-17-10-6-4-7-11-17)21(30-15-18-12-8-5-9-13-18)19(23(24)25)22(31-16)32(26,27-2)28-3/h4-13,16,19-22H,14-15H2,1-3H3/t16-,19-,20-,21-,22+/m0/s1. The molecule has 0 saturated carbocycles. The van der Waals surface area contributed by atoms with Gasteiger partial charge in [-0.25, -0.2) is 0 Å². The third kappa shape index (κ3) is 5.61. The van der Waals surface area contributed by atoms with Crippen molar-refractivity contribution in [2.75, 3.05) is 14.2 Å². The lowest BCUT2D eigenvalue weighted by molar-refractivity contribution is -0.555. The third-order valence-electron chi connectivity index (χ3n) is 5.40. The lowest BCUT2D eigenvalue weighted by Gasteiger charge is -2.42. The van der Waals surface area contributed by atoms with E-state index in [4.69, 9.17) is 23.3 Å². The molecule has 0 N–H and O–H groups in total. The first kappa shape index (κ1) is 24.5. The molecular formula is C22H28NO8P. The van der Waals surface area contributed by atoms with Crippen molar-refractivity contribution in [1.29, 1.82) is 0 Å². The highest BCUT2D eigenvalue weighted by atomic mass is 31.2. The molecule has 0 bridgehead atoms. The van der Waals surface area contributed by atoms with E-state index in [-0.39, 0.29) is 13.2 Å². The minimum Gasteiger partial charge on any atom is -0.368 e. The molecule has 0 unspecified atom stereocenters. The summed E-state index contributed by atoms with van der Waals surface area (Å²) in [5.41, 5.74) is 1.74. The molecule has 5 atom stereocenters. The number of hydrogen-bond acceptors (Lipinski definition) is 8. The van der Waals surface area contributed by atoms with E-state index in [0.29, 0.717) is 0 Å². The Kier molecular flexibility index (Phi) is 8.53. The van der Waals surface area contributed by atoms with Gasteiger partial charge in [0.2, 0.25) is 5.85 Å². The van der Waals surface area contributed by atoms with E-state index in [1.807, 2.05) is 60.7 Å². The second-order valence-electron chi connectivity index (χ2n) is 7.44. The van der Waals surface area contributed by atoms with E-state index in [9.17, 15) is 14.7 Å². The maximum absolute atomic E-state index is 13.1. The summed E-state index contributed by atoms with van der Waals surface area (Å²) in [5, 5.41) is 12.1. The van der Waals surface area contributed by atoms with Gasteiger partial charge >= 0.3 is 7.60 Å². The Bertz CT molecular complexity index is 905. The van der Waals surface area contributed by atoms with Crippen LogP contribution in [0.2, 0.25) is 0 Å². The lowest BCUT2D eigenvalue weighted by atomic mass is 9.98. The van der Waals surface area contributed by atoms with E-state index < -0.39 is 42.7 Å². The highest BCUT2D eigenvalue weighted by Gasteiger charge is 2.60. The summed E-state index contributed by atoms with van der Waals surface area (Å²) >= 11 is 0. The molecule has 0 aromatic heterocycles. The van der Waals surface area contributed by atoms with Crippen LogP contribution in [0.15, 0.2) is 60.7 Å². The third-order valence-corrected chi connectivity index (χ3v) is 7.47. The molecule has 1 aliphatic heterocycles. The van der Waals surface area contributed by atoms with Crippen LogP contribution in [0, 0.1) is 10.1 Å². The second-order valence-corrected chi connectivity index (χ2v) is 9.75. The Morgan fingerprint density at radius 1 is 0.906 bits per heavy atom. The minimum atomic E-state index is -3.94. The first-order valence-electron chi connectivity index (χ1n) is 10.2. The molecule has 0 aliphatic carbocycles. The molecule has 1 fully saturated rings. The second kappa shape index (κ2) is 11.1. The summed E-state index contributed by atoms with van der Waals surface area (Å²) < 4.78 is 41.1. The summed E-state index contributed by atoms with van der Waals surface area (Å²) in [6.07, 6.45) is -2.51. The Labute approximate surface area is 187 Å². The molecule has 0 amide bonds. The molecule has 3 rings (SSSR count). The molecule has 9 nitrogen and oxygen atoms in total. The van der Waals surface area contributed by atoms with E-state index in [2.05, 4.69) is 0 Å². The number of nitrogens with zero attached hydrogens (tertiary/aromatic N) is 1. The number of ether oxygens (including phenoxy) is 3. The van der Waals surface area contributed by atoms with E-state index in [1.54, 1.807) is 6.92 Å². The Balaban J connectivity index is 1.91. The van der Waals surface area contributed by atoms with Crippen molar-refractivity contribution in [2.45, 2.75) is 50.3 Å². The topological polar surface area (TPSA) is 106 Å². The van der Waals surface area contributed by atoms with Crippen LogP contribution in [-0.4, -0.2) is 49.3 Å². The predicted octanol–water partition coefficient (Wildman–Crippen LogP) is 4.03. The fourth-order valence-corrected chi connectivity index (χ4v) is 5.29. The molecule has 10 heteroatoms. The van der Waals surface area contributed by atoms with Crippen molar-refractivity contribution in [3.05, 3.63) is 81.9 Å². The highest BCUT2D eigenvalue weighted by Crippen LogP contribution is 2.56. The Hall–Kier alpha value is -2.13. The molecule has 32 heavy (non-hydrogen) atoms. The van der Waals surface area contributed by atoms with Gasteiger partial charge in [-0.2, -0.15) is 0 Å². The minimum absolute atomic E-state index is 0.116. The van der Waals surface area contributed by atoms with Gasteiger partial charge < -0.3 is 23.3 Å². The maximum Gasteiger partial charge on any atom is 0.365 e. The Morgan fingerprint density at radius 2 is 1.38 bits per heavy atom. The first-order chi connectivity index (χ1) is 15.4. The quantitative estimate of drug-likeness (QED) is 0.294. The van der Waals surface area contributed by atoms with E-state index in [1.165, 1.54) is 14.2 Å². The van der Waals surface area contributed by atoms with E-state index >= 15 is 0 Å². The van der Waals surface area contributed by atoms with Crippen molar-refractivity contribution >= 4 is 7.60 Å². The van der Waals surface area contributed by atoms with Gasteiger partial charge in [-0.3, -0.25) is 14.7 Å². The molecule has 0 radical (unpaired) electrons. The predicted molar refractivity (Wildman–Crippen MR) is 117 cm³/mol. The van der Waals surface area contributed by atoms with Crippen LogP contribution in [0.3, 0.4) is 0 Å². The Morgan fingerprint density at radius 3 is 1.81 bits per heavy atom. The number of benzene rings is 2. The first-order valence-corrected chi connectivity index (χ1v) is 11.8. The average molecular weight is 465 g/mol. The molecule has 1 saturated heterocycles. The fourth-order valence-electron chi connectivity index (χ4n) is 3.73. The van der Waals surface area contributed by atoms with Crippen LogP contribution in [0.5, 0.6) is 0 Å². The maximum atomic E-state index is 13.1. The average Bonchev–Trinajstić information content (AvgIpc) is 2.82. The van der Waals surface area contributed by atoms with Gasteiger partial charge in [0.05, 0.1) is 19.3 Å². The van der Waals surface area contributed by atoms with E-state index in [0.717, 1.165) is 11.1 Å². The highest BCUT2D eigenvalue weighted by molar-refractivity contribution is 7.54. The van der Waals surface area contributed by atoms with Gasteiger partial charge in [-0.15, -0.1) is 0 Å². The van der Waals surface area contributed by atoms with Gasteiger partial charge in [-0.05, 0) is 18.1 Å². The van der Waals surface area contributed by atoms with Crippen molar-refractivity contribution in [3.8, 4) is 0 Å². The van der Waals surface area contributed by atoms with Gasteiger partial charge in [0, 0.05) is 19.1 Å². The molecular weight excluding hydrogens is 437 g/mol. The molecule has 1 heterocycles. The van der Waals surface area contributed by atoms with Crippen LogP contribution in [0.4, 0.5) is 0 Å². The summed E-state index contributed by atoms with van der Waals surface area (Å²) in [7, 11) is -1.59. The van der Waals surface area contributed by atoms with Crippen LogP contribution in [0.1, 0.15) is 18.1 Å². The smallest absolute Gasteiger partial charge is 0.365 e. The van der Waals surface area contributed by atoms with Crippen molar-refractivity contribution in [3.63, 3.8) is 0 Å². The van der Waals surface area contributed by atoms with Gasteiger partial charge in [0.1, 0.15) is 6.10 Å². The molecule has 0 spiro atoms. The monoisotopic (exact) mass is 465 g/mol. The van der Waals surface area contributed by atoms with Gasteiger partial charge in [0.15, 0.2) is 6.10 Å². The number of nitro groups is 1. The zero-order valence-corrected chi connectivity index (χ0v) is 19.1. The van der Waals surface area contributed by atoms with Gasteiger partial charge in [0.25, 0.3) is 6.04 Å². The molecule has 1 aliphatic rings. The van der Waals surface area contributed by atoms with Crippen molar-refractivity contribution < 1.29 is 32.7 Å². The van der Waals surface area contributed by atoms with Crippen LogP contribution in [-0.2, 0) is 41.0 Å². The normalized spacial score (nSPS) is 26.0. The van der Waals surface area contributed by atoms with Crippen LogP contribution >= 0.6 is 7.60 Å². The van der Waals surface area contributed by atoms with Crippen molar-refractivity contribution in [2.24, 2.45) is 0 Å². The summed E-state index contributed by atoms with van der Waals surface area (Å²) in [6.45, 7) is 2.03. The molecule has 2 aromatic rings.